The SMILES string of the molecule is COc1ccc(OCC(C)C(N)=O)c(N)c1. The second kappa shape index (κ2) is 5.25. The van der Waals surface area contributed by atoms with Crippen LogP contribution in [0.3, 0.4) is 0 Å². The molecule has 0 aliphatic heterocycles. The number of methoxy groups -OCH3 is 1. The summed E-state index contributed by atoms with van der Waals surface area (Å²) >= 11 is 0. The zero-order valence-electron chi connectivity index (χ0n) is 9.40. The van der Waals surface area contributed by atoms with Crippen LogP contribution >= 0.6 is 0 Å². The standard InChI is InChI=1S/C11H16N2O3/c1-7(11(13)14)6-16-10-4-3-8(15-2)5-9(10)12/h3-5,7H,6,12H2,1-2H3,(H2,13,14). The second-order valence-corrected chi connectivity index (χ2v) is 3.52. The first-order chi connectivity index (χ1) is 7.54. The van der Waals surface area contributed by atoms with Crippen molar-refractivity contribution >= 4 is 11.6 Å². The van der Waals surface area contributed by atoms with Gasteiger partial charge in [0.2, 0.25) is 5.91 Å². The largest absolute Gasteiger partial charge is 0.497 e. The Kier molecular flexibility index (Phi) is 3.99. The van der Waals surface area contributed by atoms with Crippen LogP contribution in [-0.2, 0) is 4.79 Å². The Morgan fingerprint density at radius 2 is 2.19 bits per heavy atom. The molecule has 0 fully saturated rings. The van der Waals surface area contributed by atoms with E-state index in [9.17, 15) is 4.79 Å². The van der Waals surface area contributed by atoms with Gasteiger partial charge in [0.25, 0.3) is 0 Å². The number of ether oxygens (including phenoxy) is 2. The minimum Gasteiger partial charge on any atom is -0.497 e. The smallest absolute Gasteiger partial charge is 0.223 e. The first kappa shape index (κ1) is 12.2. The van der Waals surface area contributed by atoms with E-state index in [1.54, 1.807) is 32.2 Å². The van der Waals surface area contributed by atoms with Crippen LogP contribution in [0.4, 0.5) is 5.69 Å². The van der Waals surface area contributed by atoms with Gasteiger partial charge in [-0.3, -0.25) is 4.79 Å². The molecule has 4 N–H and O–H groups in total. The van der Waals surface area contributed by atoms with Gasteiger partial charge in [0.05, 0.1) is 25.3 Å². The zero-order valence-corrected chi connectivity index (χ0v) is 9.40. The molecule has 0 spiro atoms. The van der Waals surface area contributed by atoms with E-state index in [2.05, 4.69) is 0 Å². The molecule has 0 heterocycles. The summed E-state index contributed by atoms with van der Waals surface area (Å²) in [4.78, 5) is 10.8. The van der Waals surface area contributed by atoms with E-state index in [4.69, 9.17) is 20.9 Å². The van der Waals surface area contributed by atoms with Crippen molar-refractivity contribution in [3.05, 3.63) is 18.2 Å². The van der Waals surface area contributed by atoms with E-state index >= 15 is 0 Å². The van der Waals surface area contributed by atoms with E-state index in [1.165, 1.54) is 0 Å². The minimum atomic E-state index is -0.396. The van der Waals surface area contributed by atoms with E-state index in [1.807, 2.05) is 0 Å². The van der Waals surface area contributed by atoms with Crippen molar-refractivity contribution in [3.8, 4) is 11.5 Å². The summed E-state index contributed by atoms with van der Waals surface area (Å²) in [6, 6.07) is 5.09. The van der Waals surface area contributed by atoms with Gasteiger partial charge in [-0.1, -0.05) is 6.92 Å². The molecule has 5 heteroatoms. The van der Waals surface area contributed by atoms with Crippen LogP contribution in [0.5, 0.6) is 11.5 Å². The molecule has 16 heavy (non-hydrogen) atoms. The van der Waals surface area contributed by atoms with Crippen LogP contribution in [0.2, 0.25) is 0 Å². The average Bonchev–Trinajstić information content (AvgIpc) is 2.26. The number of amides is 1. The lowest BCUT2D eigenvalue weighted by atomic mass is 10.2. The number of anilines is 1. The van der Waals surface area contributed by atoms with E-state index in [-0.39, 0.29) is 12.5 Å². The Morgan fingerprint density at radius 1 is 1.50 bits per heavy atom. The van der Waals surface area contributed by atoms with E-state index in [0.717, 1.165) is 0 Å². The number of nitrogen functional groups attached to an aromatic ring is 1. The second-order valence-electron chi connectivity index (χ2n) is 3.52. The van der Waals surface area contributed by atoms with Gasteiger partial charge < -0.3 is 20.9 Å². The van der Waals surface area contributed by atoms with E-state index in [0.29, 0.717) is 17.2 Å². The molecular formula is C11H16N2O3. The van der Waals surface area contributed by atoms with Gasteiger partial charge in [0.15, 0.2) is 0 Å². The molecule has 0 aliphatic rings. The highest BCUT2D eigenvalue weighted by molar-refractivity contribution is 5.76. The van der Waals surface area contributed by atoms with Crippen LogP contribution in [0.15, 0.2) is 18.2 Å². The lowest BCUT2D eigenvalue weighted by molar-refractivity contribution is -0.122. The number of primary amides is 1. The van der Waals surface area contributed by atoms with Crippen molar-refractivity contribution in [1.82, 2.24) is 0 Å². The fourth-order valence-electron chi connectivity index (χ4n) is 1.08. The molecular weight excluding hydrogens is 208 g/mol. The summed E-state index contributed by atoms with van der Waals surface area (Å²) in [6.45, 7) is 1.91. The molecule has 0 aromatic heterocycles. The third-order valence-electron chi connectivity index (χ3n) is 2.19. The first-order valence-electron chi connectivity index (χ1n) is 4.90. The average molecular weight is 224 g/mol. The number of carbonyl (C=O) groups is 1. The van der Waals surface area contributed by atoms with Gasteiger partial charge in [-0.25, -0.2) is 0 Å². The van der Waals surface area contributed by atoms with Crippen LogP contribution in [0, 0.1) is 5.92 Å². The fraction of sp³-hybridized carbons (Fsp3) is 0.364. The Labute approximate surface area is 94.3 Å². The van der Waals surface area contributed by atoms with Gasteiger partial charge in [-0.2, -0.15) is 0 Å². The lowest BCUT2D eigenvalue weighted by Crippen LogP contribution is -2.25. The third-order valence-corrected chi connectivity index (χ3v) is 2.19. The number of nitrogens with two attached hydrogens (primary N) is 2. The number of rotatable bonds is 5. The number of hydrogen-bond acceptors (Lipinski definition) is 4. The van der Waals surface area contributed by atoms with Crippen LogP contribution in [-0.4, -0.2) is 19.6 Å². The maximum absolute atomic E-state index is 10.8. The predicted molar refractivity (Wildman–Crippen MR) is 61.3 cm³/mol. The topological polar surface area (TPSA) is 87.6 Å². The van der Waals surface area contributed by atoms with E-state index < -0.39 is 5.91 Å². The Bertz CT molecular complexity index is 379. The normalized spacial score (nSPS) is 11.9. The molecule has 0 bridgehead atoms. The van der Waals surface area contributed by atoms with Gasteiger partial charge in [0.1, 0.15) is 11.5 Å². The summed E-state index contributed by atoms with van der Waals surface area (Å²) in [5, 5.41) is 0. The molecule has 1 aromatic rings. The summed E-state index contributed by atoms with van der Waals surface area (Å²) in [7, 11) is 1.56. The summed E-state index contributed by atoms with van der Waals surface area (Å²) in [6.07, 6.45) is 0. The Hall–Kier alpha value is -1.91. The quantitative estimate of drug-likeness (QED) is 0.723. The molecule has 0 saturated carbocycles. The molecule has 1 amide bonds. The van der Waals surface area contributed by atoms with Crippen molar-refractivity contribution in [3.63, 3.8) is 0 Å². The molecule has 0 saturated heterocycles. The highest BCUT2D eigenvalue weighted by Gasteiger charge is 2.10. The third kappa shape index (κ3) is 3.05. The molecule has 0 aliphatic carbocycles. The van der Waals surface area contributed by atoms with Crippen LogP contribution in [0.1, 0.15) is 6.92 Å². The summed E-state index contributed by atoms with van der Waals surface area (Å²) in [5.74, 6) is 0.440. The van der Waals surface area contributed by atoms with Gasteiger partial charge in [0, 0.05) is 6.07 Å². The molecule has 5 nitrogen and oxygen atoms in total. The van der Waals surface area contributed by atoms with Gasteiger partial charge in [-0.15, -0.1) is 0 Å². The lowest BCUT2D eigenvalue weighted by Gasteiger charge is -2.12. The first-order valence-corrected chi connectivity index (χ1v) is 4.90. The van der Waals surface area contributed by atoms with Gasteiger partial charge in [-0.05, 0) is 12.1 Å². The molecule has 1 atom stereocenters. The number of benzene rings is 1. The van der Waals surface area contributed by atoms with Crippen molar-refractivity contribution in [1.29, 1.82) is 0 Å². The molecule has 1 unspecified atom stereocenters. The van der Waals surface area contributed by atoms with Gasteiger partial charge >= 0.3 is 0 Å². The summed E-state index contributed by atoms with van der Waals surface area (Å²) < 4.78 is 10.4. The molecule has 1 rings (SSSR count). The highest BCUT2D eigenvalue weighted by atomic mass is 16.5. The maximum atomic E-state index is 10.8. The predicted octanol–water partition coefficient (Wildman–Crippen LogP) is 0.778. The van der Waals surface area contributed by atoms with Crippen LogP contribution in [0.25, 0.3) is 0 Å². The molecule has 88 valence electrons. The highest BCUT2D eigenvalue weighted by Crippen LogP contribution is 2.26. The minimum absolute atomic E-state index is 0.214. The number of hydrogen-bond donors (Lipinski definition) is 2. The number of carbonyl (C=O) groups excluding carboxylic acids is 1. The monoisotopic (exact) mass is 224 g/mol. The molecule has 0 radical (unpaired) electrons. The fourth-order valence-corrected chi connectivity index (χ4v) is 1.08. The van der Waals surface area contributed by atoms with Crippen molar-refractivity contribution in [2.24, 2.45) is 11.7 Å². The molecule has 1 aromatic carbocycles. The van der Waals surface area contributed by atoms with Crippen LogP contribution < -0.4 is 20.9 Å². The maximum Gasteiger partial charge on any atom is 0.223 e. The van der Waals surface area contributed by atoms with Crippen molar-refractivity contribution < 1.29 is 14.3 Å². The zero-order chi connectivity index (χ0) is 12.1. The Balaban J connectivity index is 2.64. The summed E-state index contributed by atoms with van der Waals surface area (Å²) in [5.41, 5.74) is 11.3. The van der Waals surface area contributed by atoms with Crippen molar-refractivity contribution in [2.75, 3.05) is 19.5 Å². The van der Waals surface area contributed by atoms with Crippen molar-refractivity contribution in [2.45, 2.75) is 6.92 Å². The Morgan fingerprint density at radius 3 is 2.69 bits per heavy atom.